The van der Waals surface area contributed by atoms with Crippen LogP contribution in [-0.2, 0) is 12.8 Å². The highest BCUT2D eigenvalue weighted by molar-refractivity contribution is 7.51. The van der Waals surface area contributed by atoms with Crippen molar-refractivity contribution < 1.29 is 4.17 Å². The van der Waals surface area contributed by atoms with Crippen molar-refractivity contribution in [2.75, 3.05) is 0 Å². The molecule has 0 saturated carbocycles. The molecule has 0 atom stereocenters. The third-order valence-corrected chi connectivity index (χ3v) is 1.46. The molecule has 1 aromatic rings. The maximum Gasteiger partial charge on any atom is 0.237 e. The van der Waals surface area contributed by atoms with E-state index in [4.69, 9.17) is 0 Å². The first-order valence-corrected chi connectivity index (χ1v) is 3.28. The first-order valence-electron chi connectivity index (χ1n) is 2.91. The summed E-state index contributed by atoms with van der Waals surface area (Å²) >= 11 is 4.37. The molecular formula is C7H7NOS. The molecule has 0 amide bonds. The number of rotatable bonds is 1. The lowest BCUT2D eigenvalue weighted by atomic mass is 10.2. The third kappa shape index (κ3) is 1.51. The van der Waals surface area contributed by atoms with E-state index in [1.165, 1.54) is 0 Å². The topological polar surface area (TPSA) is 20.1 Å². The largest absolute Gasteiger partial charge is 0.364 e. The molecule has 10 heavy (non-hydrogen) atoms. The standard InChI is InChI=1S/C7H7NOS/c1-6-2-4-7(5-3-6)8(9)10/h2-5H,1H3. The fourth-order valence-electron chi connectivity index (χ4n) is 0.666. The number of nitrogens with zero attached hydrogens (tertiary/aromatic N) is 1. The van der Waals surface area contributed by atoms with E-state index < -0.39 is 0 Å². The van der Waals surface area contributed by atoms with Crippen molar-refractivity contribution in [3.63, 3.8) is 0 Å². The van der Waals surface area contributed by atoms with Gasteiger partial charge in [0.25, 0.3) is 0 Å². The van der Waals surface area contributed by atoms with Crippen LogP contribution in [0.5, 0.6) is 0 Å². The summed E-state index contributed by atoms with van der Waals surface area (Å²) in [5.41, 5.74) is 1.64. The number of nitroso groups, excluding NO2 is 1. The second kappa shape index (κ2) is 2.75. The van der Waals surface area contributed by atoms with Crippen LogP contribution in [0.4, 0.5) is 5.69 Å². The Hall–Kier alpha value is -0.960. The van der Waals surface area contributed by atoms with Crippen molar-refractivity contribution in [3.8, 4) is 0 Å². The summed E-state index contributed by atoms with van der Waals surface area (Å²) in [5, 5.41) is 0. The lowest BCUT2D eigenvalue weighted by Crippen LogP contribution is -1.86. The van der Waals surface area contributed by atoms with Gasteiger partial charge >= 0.3 is 0 Å². The average molecular weight is 153 g/mol. The lowest BCUT2D eigenvalue weighted by molar-refractivity contribution is -0.262. The predicted molar refractivity (Wildman–Crippen MR) is 41.8 cm³/mol. The van der Waals surface area contributed by atoms with Gasteiger partial charge < -0.3 is 12.8 Å². The number of hydrogen-bond donors (Lipinski definition) is 0. The van der Waals surface area contributed by atoms with Crippen molar-refractivity contribution in [1.29, 1.82) is 0 Å². The molecular weight excluding hydrogens is 146 g/mol. The van der Waals surface area contributed by atoms with Crippen molar-refractivity contribution in [3.05, 3.63) is 34.7 Å². The van der Waals surface area contributed by atoms with Crippen LogP contribution in [0.3, 0.4) is 0 Å². The molecule has 0 unspecified atom stereocenters. The molecule has 0 saturated heterocycles. The Morgan fingerprint density at radius 2 is 1.80 bits per heavy atom. The SMILES string of the molecule is Cc1ccc([N+](=O)[S-])cc1. The van der Waals surface area contributed by atoms with Gasteiger partial charge in [0.1, 0.15) is 0 Å². The molecule has 1 aromatic carbocycles. The fourth-order valence-corrected chi connectivity index (χ4v) is 0.788. The van der Waals surface area contributed by atoms with Crippen LogP contribution in [0.25, 0.3) is 0 Å². The molecule has 0 fully saturated rings. The molecule has 0 N–H and O–H groups in total. The highest BCUT2D eigenvalue weighted by Gasteiger charge is 1.97. The summed E-state index contributed by atoms with van der Waals surface area (Å²) in [5.74, 6) is 0. The smallest absolute Gasteiger partial charge is 0.237 e. The van der Waals surface area contributed by atoms with E-state index in [-0.39, 0.29) is 0 Å². The van der Waals surface area contributed by atoms with Gasteiger partial charge in [-0.25, -0.2) is 0 Å². The van der Waals surface area contributed by atoms with Crippen LogP contribution >= 0.6 is 0 Å². The molecule has 0 aliphatic rings. The molecule has 2 nitrogen and oxygen atoms in total. The molecule has 52 valence electrons. The Morgan fingerprint density at radius 1 is 1.30 bits per heavy atom. The van der Waals surface area contributed by atoms with Gasteiger partial charge in [0.2, 0.25) is 5.69 Å². The van der Waals surface area contributed by atoms with E-state index in [1.54, 1.807) is 12.1 Å². The van der Waals surface area contributed by atoms with Crippen LogP contribution in [0.15, 0.2) is 24.3 Å². The second-order valence-electron chi connectivity index (χ2n) is 2.09. The molecule has 0 aliphatic carbocycles. The van der Waals surface area contributed by atoms with Crippen LogP contribution in [0.2, 0.25) is 0 Å². The Balaban J connectivity index is 3.00. The molecule has 0 aromatic heterocycles. The van der Waals surface area contributed by atoms with E-state index in [0.717, 1.165) is 5.56 Å². The molecule has 0 spiro atoms. The highest BCUT2D eigenvalue weighted by atomic mass is 32.1. The van der Waals surface area contributed by atoms with Gasteiger partial charge in [0.05, 0.1) is 0 Å². The van der Waals surface area contributed by atoms with Crippen molar-refractivity contribution >= 4 is 18.5 Å². The van der Waals surface area contributed by atoms with Crippen LogP contribution < -0.4 is 0 Å². The summed E-state index contributed by atoms with van der Waals surface area (Å²) in [6, 6.07) is 7.11. The number of benzene rings is 1. The van der Waals surface area contributed by atoms with E-state index in [2.05, 4.69) is 12.8 Å². The van der Waals surface area contributed by atoms with Crippen LogP contribution in [0, 0.1) is 11.8 Å². The average Bonchev–Trinajstić information content (AvgIpc) is 1.88. The minimum atomic E-state index is 0.430. The van der Waals surface area contributed by atoms with Gasteiger partial charge in [-0.05, 0) is 6.92 Å². The summed E-state index contributed by atoms with van der Waals surface area (Å²) in [6.45, 7) is 1.96. The molecule has 0 bridgehead atoms. The minimum Gasteiger partial charge on any atom is -0.364 e. The number of hydrogen-bond acceptors (Lipinski definition) is 2. The predicted octanol–water partition coefficient (Wildman–Crippen LogP) is 1.87. The van der Waals surface area contributed by atoms with Gasteiger partial charge in [-0.3, -0.25) is 0 Å². The first kappa shape index (κ1) is 7.15. The zero-order valence-electron chi connectivity index (χ0n) is 5.57. The van der Waals surface area contributed by atoms with E-state index in [0.29, 0.717) is 9.85 Å². The van der Waals surface area contributed by atoms with E-state index in [1.807, 2.05) is 19.1 Å². The summed E-state index contributed by atoms with van der Waals surface area (Å²) in [7, 11) is 0. The Bertz CT molecular complexity index is 242. The quantitative estimate of drug-likeness (QED) is 0.453. The molecule has 3 heteroatoms. The monoisotopic (exact) mass is 153 g/mol. The van der Waals surface area contributed by atoms with E-state index in [9.17, 15) is 4.91 Å². The Morgan fingerprint density at radius 3 is 2.20 bits per heavy atom. The fraction of sp³-hybridized carbons (Fsp3) is 0.143. The first-order chi connectivity index (χ1) is 4.70. The number of aryl methyl sites for hydroxylation is 1. The van der Waals surface area contributed by atoms with Crippen LogP contribution in [-0.4, -0.2) is 4.17 Å². The van der Waals surface area contributed by atoms with Gasteiger partial charge in [-0.15, -0.1) is 0 Å². The van der Waals surface area contributed by atoms with Gasteiger partial charge in [0, 0.05) is 17.0 Å². The summed E-state index contributed by atoms with van der Waals surface area (Å²) in [4.78, 5) is 10.5. The van der Waals surface area contributed by atoms with Crippen LogP contribution in [0.1, 0.15) is 5.56 Å². The Labute approximate surface area is 65.0 Å². The second-order valence-corrected chi connectivity index (χ2v) is 2.42. The summed E-state index contributed by atoms with van der Waals surface area (Å²) in [6.07, 6.45) is 0. The maximum atomic E-state index is 10.5. The van der Waals surface area contributed by atoms with Gasteiger partial charge in [-0.1, -0.05) is 21.9 Å². The van der Waals surface area contributed by atoms with Crippen molar-refractivity contribution in [2.24, 2.45) is 0 Å². The van der Waals surface area contributed by atoms with Gasteiger partial charge in [0.15, 0.2) is 0 Å². The maximum absolute atomic E-state index is 10.5. The third-order valence-electron chi connectivity index (χ3n) is 1.24. The zero-order chi connectivity index (χ0) is 7.56. The van der Waals surface area contributed by atoms with Crippen molar-refractivity contribution in [1.82, 2.24) is 0 Å². The van der Waals surface area contributed by atoms with Gasteiger partial charge in [-0.2, -0.15) is 0 Å². The Kier molecular flexibility index (Phi) is 1.97. The molecule has 0 heterocycles. The lowest BCUT2D eigenvalue weighted by Gasteiger charge is -1.92. The molecule has 0 radical (unpaired) electrons. The van der Waals surface area contributed by atoms with E-state index >= 15 is 0 Å². The van der Waals surface area contributed by atoms with Crippen molar-refractivity contribution in [2.45, 2.75) is 6.92 Å². The minimum absolute atomic E-state index is 0.430. The normalized spacial score (nSPS) is 9.30. The molecule has 1 rings (SSSR count). The highest BCUT2D eigenvalue weighted by Crippen LogP contribution is 2.10. The zero-order valence-corrected chi connectivity index (χ0v) is 6.39. The molecule has 0 aliphatic heterocycles. The summed E-state index contributed by atoms with van der Waals surface area (Å²) < 4.78 is 0.430.